The third-order valence-electron chi connectivity index (χ3n) is 19.0. The van der Waals surface area contributed by atoms with Gasteiger partial charge in [0.05, 0.1) is 50.8 Å². The minimum Gasteiger partial charge on any atom is -0.490 e. The van der Waals surface area contributed by atoms with Crippen LogP contribution in [0.1, 0.15) is 409 Å². The zero-order chi connectivity index (χ0) is 65.1. The molecule has 8 nitrogen and oxygen atoms in total. The first-order valence-electron chi connectivity index (χ1n) is 39.3. The molecule has 2 unspecified atom stereocenters. The zero-order valence-electron chi connectivity index (χ0n) is 60.9. The van der Waals surface area contributed by atoms with Crippen LogP contribution in [-0.4, -0.2) is 51.2 Å². The maximum Gasteiger partial charge on any atom is 0.204 e. The number of fused-ring (bicyclic) bond motifs is 2. The van der Waals surface area contributed by atoms with Crippen molar-refractivity contribution in [3.63, 3.8) is 0 Å². The fourth-order valence-electron chi connectivity index (χ4n) is 12.9. The minimum atomic E-state index is -0.276. The molecule has 2 atom stereocenters. The number of rotatable bonds is 64. The lowest BCUT2D eigenvalue weighted by molar-refractivity contribution is 0.0967. The van der Waals surface area contributed by atoms with Crippen molar-refractivity contribution < 1.29 is 38.0 Å². The Bertz CT molecular complexity index is 1930. The van der Waals surface area contributed by atoms with Crippen molar-refractivity contribution in [2.75, 3.05) is 39.6 Å². The maximum absolute atomic E-state index is 16.0. The first-order chi connectivity index (χ1) is 44.0. The second-order valence-electron chi connectivity index (χ2n) is 28.8. The van der Waals surface area contributed by atoms with Crippen LogP contribution >= 0.6 is 0 Å². The van der Waals surface area contributed by atoms with Gasteiger partial charge in [0.15, 0.2) is 34.6 Å². The molecule has 0 N–H and O–H groups in total. The summed E-state index contributed by atoms with van der Waals surface area (Å²) in [6.45, 7) is 25.6. The Morgan fingerprint density at radius 1 is 0.256 bits per heavy atom. The Morgan fingerprint density at radius 3 is 0.744 bits per heavy atom. The topological polar surface area (TPSA) is 89.5 Å². The minimum absolute atomic E-state index is 0.258. The normalized spacial score (nSPS) is 12.9. The summed E-state index contributed by atoms with van der Waals surface area (Å²) < 4.78 is 41.5. The molecular weight excluding hydrogens is 1110 g/mol. The van der Waals surface area contributed by atoms with Crippen LogP contribution in [0.5, 0.6) is 34.5 Å². The molecule has 0 spiro atoms. The molecule has 2 aromatic rings. The lowest BCUT2D eigenvalue weighted by Gasteiger charge is -2.28. The van der Waals surface area contributed by atoms with Crippen LogP contribution in [0.15, 0.2) is 12.1 Å². The van der Waals surface area contributed by atoms with E-state index in [1.54, 1.807) is 0 Å². The second-order valence-corrected chi connectivity index (χ2v) is 28.8. The average molecular weight is 1260 g/mol. The van der Waals surface area contributed by atoms with E-state index >= 15 is 9.59 Å². The standard InChI is InChI=1S/C82H144O8/c1-11-15-19-23-27-31-35-39-43-47-59-85-73-65-71-75(81(89-63-57-69(9)55-51-53-67(5)6)79(73)87-61-49-45-41-37-33-29-25-21-17-13-3)78(84)72-66-74(86-60-48-44-40-36-32-28-24-20-16-12-2)80(88-62-50-46-42-38-34-30-26-22-18-14-4)82(76(72)77(71)83)90-64-58-70(10)56-52-54-68(7)8/h65-70H,11-64H2,1-10H3. The van der Waals surface area contributed by atoms with Gasteiger partial charge in [0, 0.05) is 11.1 Å². The van der Waals surface area contributed by atoms with Crippen LogP contribution < -0.4 is 28.4 Å². The van der Waals surface area contributed by atoms with Gasteiger partial charge in [-0.1, -0.05) is 339 Å². The molecule has 0 saturated carbocycles. The summed E-state index contributed by atoms with van der Waals surface area (Å²) in [7, 11) is 0. The average Bonchev–Trinajstić information content (AvgIpc) is 0.752. The predicted molar refractivity (Wildman–Crippen MR) is 385 cm³/mol. The molecule has 0 aromatic heterocycles. The SMILES string of the molecule is CCCCCCCCCCCCOc1cc2c(c(OCCC(C)CCCC(C)C)c1OCCCCCCCCCCCC)C(=O)c1cc(OCCCCCCCCCCCC)c(OCCCCCCCCCCCC)c(OCCC(C)CCCC(C)C)c1C2=O. The van der Waals surface area contributed by atoms with E-state index in [1.807, 2.05) is 12.1 Å². The lowest BCUT2D eigenvalue weighted by Crippen LogP contribution is -2.25. The molecule has 0 saturated heterocycles. The molecule has 3 rings (SSSR count). The highest BCUT2D eigenvalue weighted by Crippen LogP contribution is 2.51. The van der Waals surface area contributed by atoms with Gasteiger partial charge < -0.3 is 28.4 Å². The van der Waals surface area contributed by atoms with E-state index in [9.17, 15) is 0 Å². The van der Waals surface area contributed by atoms with Crippen molar-refractivity contribution in [3.8, 4) is 34.5 Å². The number of hydrogen-bond acceptors (Lipinski definition) is 8. The third-order valence-corrected chi connectivity index (χ3v) is 19.0. The number of hydrogen-bond donors (Lipinski definition) is 0. The number of ether oxygens (including phenoxy) is 6. The molecule has 1 aliphatic rings. The van der Waals surface area contributed by atoms with E-state index < -0.39 is 0 Å². The van der Waals surface area contributed by atoms with Gasteiger partial charge in [0.1, 0.15) is 0 Å². The molecule has 0 bridgehead atoms. The fraction of sp³-hybridized carbons (Fsp3) is 0.829. The number of benzene rings is 2. The smallest absolute Gasteiger partial charge is 0.204 e. The van der Waals surface area contributed by atoms with Crippen LogP contribution in [-0.2, 0) is 0 Å². The van der Waals surface area contributed by atoms with Crippen LogP contribution in [0.3, 0.4) is 0 Å². The molecule has 520 valence electrons. The molecule has 0 fully saturated rings. The van der Waals surface area contributed by atoms with E-state index in [2.05, 4.69) is 69.2 Å². The third kappa shape index (κ3) is 35.7. The predicted octanol–water partition coefficient (Wildman–Crippen LogP) is 26.1. The molecule has 0 radical (unpaired) electrons. The van der Waals surface area contributed by atoms with Crippen molar-refractivity contribution >= 4 is 11.6 Å². The summed E-state index contributed by atoms with van der Waals surface area (Å²) in [5.41, 5.74) is 1.08. The largest absolute Gasteiger partial charge is 0.490 e. The van der Waals surface area contributed by atoms with Gasteiger partial charge in [-0.25, -0.2) is 0 Å². The van der Waals surface area contributed by atoms with Crippen LogP contribution in [0.2, 0.25) is 0 Å². The van der Waals surface area contributed by atoms with Crippen LogP contribution in [0, 0.1) is 23.7 Å². The summed E-state index contributed by atoms with van der Waals surface area (Å²) in [6.07, 6.45) is 57.5. The number of carbonyl (C=O) groups is 2. The van der Waals surface area contributed by atoms with E-state index in [4.69, 9.17) is 28.4 Å². The molecule has 0 aliphatic heterocycles. The molecule has 1 aliphatic carbocycles. The van der Waals surface area contributed by atoms with Gasteiger partial charge in [0.25, 0.3) is 0 Å². The summed E-state index contributed by atoms with van der Waals surface area (Å²) in [5, 5.41) is 0. The molecule has 0 heterocycles. The molecule has 8 heteroatoms. The molecule has 90 heavy (non-hydrogen) atoms. The molecular formula is C82H144O8. The summed E-state index contributed by atoms with van der Waals surface area (Å²) in [5.74, 6) is 4.16. The highest BCUT2D eigenvalue weighted by Gasteiger charge is 2.41. The summed E-state index contributed by atoms with van der Waals surface area (Å²) in [4.78, 5) is 31.9. The van der Waals surface area contributed by atoms with Gasteiger partial charge >= 0.3 is 0 Å². The van der Waals surface area contributed by atoms with E-state index in [-0.39, 0.29) is 33.8 Å². The van der Waals surface area contributed by atoms with Gasteiger partial charge in [-0.3, -0.25) is 9.59 Å². The number of ketones is 2. The van der Waals surface area contributed by atoms with Crippen molar-refractivity contribution in [3.05, 3.63) is 34.4 Å². The summed E-state index contributed by atoms with van der Waals surface area (Å²) in [6, 6.07) is 3.62. The zero-order valence-corrected chi connectivity index (χ0v) is 60.9. The summed E-state index contributed by atoms with van der Waals surface area (Å²) >= 11 is 0. The Balaban J connectivity index is 2.15. The first-order valence-corrected chi connectivity index (χ1v) is 39.3. The highest BCUT2D eigenvalue weighted by atomic mass is 16.5. The van der Waals surface area contributed by atoms with E-state index in [0.717, 1.165) is 77.0 Å². The Kier molecular flexibility index (Phi) is 48.4. The van der Waals surface area contributed by atoms with E-state index in [0.29, 0.717) is 97.8 Å². The lowest BCUT2D eigenvalue weighted by atomic mass is 9.82. The second kappa shape index (κ2) is 53.9. The van der Waals surface area contributed by atoms with Gasteiger partial charge in [-0.15, -0.1) is 0 Å². The first kappa shape index (κ1) is 80.8. The van der Waals surface area contributed by atoms with Gasteiger partial charge in [-0.2, -0.15) is 0 Å². The van der Waals surface area contributed by atoms with E-state index in [1.165, 1.54) is 231 Å². The fourth-order valence-corrected chi connectivity index (χ4v) is 12.9. The van der Waals surface area contributed by atoms with Crippen LogP contribution in [0.4, 0.5) is 0 Å². The maximum atomic E-state index is 16.0. The van der Waals surface area contributed by atoms with Crippen LogP contribution in [0.25, 0.3) is 0 Å². The van der Waals surface area contributed by atoms with Gasteiger partial charge in [0.2, 0.25) is 11.5 Å². The number of unbranched alkanes of at least 4 members (excludes halogenated alkanes) is 36. The molecule has 0 amide bonds. The quantitative estimate of drug-likeness (QED) is 0.0517. The Morgan fingerprint density at radius 2 is 0.489 bits per heavy atom. The highest BCUT2D eigenvalue weighted by molar-refractivity contribution is 6.31. The monoisotopic (exact) mass is 1260 g/mol. The molecule has 2 aromatic carbocycles. The number of carbonyl (C=O) groups excluding carboxylic acids is 2. The van der Waals surface area contributed by atoms with Crippen molar-refractivity contribution in [2.45, 2.75) is 377 Å². The van der Waals surface area contributed by atoms with Crippen molar-refractivity contribution in [1.29, 1.82) is 0 Å². The Labute approximate surface area is 556 Å². The Hall–Kier alpha value is -3.42. The van der Waals surface area contributed by atoms with Gasteiger partial charge in [-0.05, 0) is 74.3 Å². The van der Waals surface area contributed by atoms with Crippen molar-refractivity contribution in [2.24, 2.45) is 23.7 Å². The van der Waals surface area contributed by atoms with Crippen molar-refractivity contribution in [1.82, 2.24) is 0 Å².